The van der Waals surface area contributed by atoms with Crippen LogP contribution < -0.4 is 10.5 Å². The Hall–Kier alpha value is -3.33. The van der Waals surface area contributed by atoms with E-state index in [2.05, 4.69) is 10.3 Å². The fraction of sp³-hybridized carbons (Fsp3) is 0.360. The van der Waals surface area contributed by atoms with Crippen LogP contribution in [-0.2, 0) is 20.4 Å². The average molecular weight is 632 g/mol. The Morgan fingerprint density at radius 1 is 1.10 bits per heavy atom. The molecule has 3 heterocycles. The van der Waals surface area contributed by atoms with Gasteiger partial charge in [-0.2, -0.15) is 0 Å². The normalized spacial score (nSPS) is 19.0. The van der Waals surface area contributed by atoms with Crippen molar-refractivity contribution in [2.24, 2.45) is 10.6 Å². The number of carboxylic acid groups (broad SMARTS) is 1. The van der Waals surface area contributed by atoms with Crippen LogP contribution in [0, 0.1) is 17.0 Å². The van der Waals surface area contributed by atoms with Crippen molar-refractivity contribution in [2.45, 2.75) is 38.1 Å². The Bertz CT molecular complexity index is 1640. The van der Waals surface area contributed by atoms with Gasteiger partial charge >= 0.3 is 6.09 Å². The number of carbonyl (C=O) groups excluding carboxylic acids is 2. The van der Waals surface area contributed by atoms with Crippen molar-refractivity contribution >= 4 is 56.8 Å². The van der Waals surface area contributed by atoms with Crippen molar-refractivity contribution in [1.82, 2.24) is 14.8 Å². The molecule has 1 atom stereocenters. The molecule has 0 aliphatic carbocycles. The third kappa shape index (κ3) is 5.36. The maximum atomic E-state index is 15.1. The van der Waals surface area contributed by atoms with Crippen LogP contribution in [0.2, 0.25) is 10.2 Å². The number of anilines is 1. The molecule has 2 aromatic rings. The highest BCUT2D eigenvalue weighted by Crippen LogP contribution is 2.49. The largest absolute Gasteiger partial charge is 0.465 e. The van der Waals surface area contributed by atoms with Gasteiger partial charge < -0.3 is 20.2 Å². The summed E-state index contributed by atoms with van der Waals surface area (Å²) in [4.78, 5) is 44.2. The SMILES string of the molecule is CC(C)(C)C(=O)Nc1cc(Cl)c(Cl)nc1C1(C)C2=C(CN(C(=O)O)C2)CN1C(=O)c1c(F)cc(S(N)(=O)=O)cc1F. The van der Waals surface area contributed by atoms with E-state index in [0.717, 1.165) is 9.80 Å². The Kier molecular flexibility index (Phi) is 7.61. The second-order valence-electron chi connectivity index (χ2n) is 10.9. The Labute approximate surface area is 244 Å². The van der Waals surface area contributed by atoms with Crippen LogP contribution in [0.4, 0.5) is 19.3 Å². The van der Waals surface area contributed by atoms with Gasteiger partial charge in [-0.05, 0) is 36.3 Å². The number of rotatable bonds is 4. The highest BCUT2D eigenvalue weighted by molar-refractivity contribution is 7.89. The molecule has 0 saturated carbocycles. The number of aromatic nitrogens is 1. The minimum Gasteiger partial charge on any atom is -0.465 e. The number of nitrogens with two attached hydrogens (primary N) is 1. The summed E-state index contributed by atoms with van der Waals surface area (Å²) in [5, 5.41) is 17.1. The van der Waals surface area contributed by atoms with Gasteiger partial charge in [0, 0.05) is 25.0 Å². The summed E-state index contributed by atoms with van der Waals surface area (Å²) >= 11 is 12.5. The van der Waals surface area contributed by atoms with Gasteiger partial charge in [-0.15, -0.1) is 0 Å². The molecule has 1 aromatic heterocycles. The lowest BCUT2D eigenvalue weighted by Crippen LogP contribution is -2.49. The first-order valence-electron chi connectivity index (χ1n) is 12.0. The summed E-state index contributed by atoms with van der Waals surface area (Å²) in [6.07, 6.45) is -1.24. The maximum absolute atomic E-state index is 15.1. The van der Waals surface area contributed by atoms with E-state index in [0.29, 0.717) is 23.3 Å². The first kappa shape index (κ1) is 30.6. The zero-order valence-electron chi connectivity index (χ0n) is 22.2. The molecule has 2 aliphatic heterocycles. The molecule has 4 N–H and O–H groups in total. The predicted molar refractivity (Wildman–Crippen MR) is 145 cm³/mol. The number of hydrogen-bond donors (Lipinski definition) is 3. The molecule has 0 bridgehead atoms. The van der Waals surface area contributed by atoms with Gasteiger partial charge in [0.2, 0.25) is 15.9 Å². The van der Waals surface area contributed by atoms with E-state index in [1.807, 2.05) is 0 Å². The molecule has 220 valence electrons. The van der Waals surface area contributed by atoms with Gasteiger partial charge in [0.05, 0.1) is 21.3 Å². The maximum Gasteiger partial charge on any atom is 0.407 e. The van der Waals surface area contributed by atoms with Crippen molar-refractivity contribution < 1.29 is 36.7 Å². The van der Waals surface area contributed by atoms with Crippen LogP contribution in [0.5, 0.6) is 0 Å². The molecule has 0 radical (unpaired) electrons. The summed E-state index contributed by atoms with van der Waals surface area (Å²) < 4.78 is 53.6. The number of nitrogens with one attached hydrogen (secondary N) is 1. The van der Waals surface area contributed by atoms with Crippen molar-refractivity contribution in [3.05, 3.63) is 62.4 Å². The van der Waals surface area contributed by atoms with E-state index in [-0.39, 0.29) is 41.2 Å². The van der Waals surface area contributed by atoms with Crippen molar-refractivity contribution in [2.75, 3.05) is 25.0 Å². The smallest absolute Gasteiger partial charge is 0.407 e. The highest BCUT2D eigenvalue weighted by atomic mass is 35.5. The molecule has 11 nitrogen and oxygen atoms in total. The lowest BCUT2D eigenvalue weighted by Gasteiger charge is -2.40. The average Bonchev–Trinajstić information content (AvgIpc) is 3.38. The number of sulfonamides is 1. The minimum absolute atomic E-state index is 0.0305. The zero-order valence-corrected chi connectivity index (χ0v) is 24.5. The molecule has 41 heavy (non-hydrogen) atoms. The van der Waals surface area contributed by atoms with Crippen LogP contribution in [0.15, 0.2) is 34.2 Å². The second kappa shape index (κ2) is 10.2. The van der Waals surface area contributed by atoms with Gasteiger partial charge in [0.1, 0.15) is 27.9 Å². The number of pyridine rings is 1. The van der Waals surface area contributed by atoms with Crippen molar-refractivity contribution in [1.29, 1.82) is 0 Å². The van der Waals surface area contributed by atoms with Gasteiger partial charge in [0.25, 0.3) is 5.91 Å². The lowest BCUT2D eigenvalue weighted by molar-refractivity contribution is -0.123. The minimum atomic E-state index is -4.49. The van der Waals surface area contributed by atoms with E-state index in [1.54, 1.807) is 20.8 Å². The highest BCUT2D eigenvalue weighted by Gasteiger charge is 2.53. The van der Waals surface area contributed by atoms with Crippen LogP contribution in [0.25, 0.3) is 0 Å². The number of carbonyl (C=O) groups is 3. The number of primary sulfonamides is 1. The van der Waals surface area contributed by atoms with E-state index in [1.165, 1.54) is 13.0 Å². The fourth-order valence-electron chi connectivity index (χ4n) is 4.82. The van der Waals surface area contributed by atoms with Crippen molar-refractivity contribution in [3.8, 4) is 0 Å². The van der Waals surface area contributed by atoms with Crippen molar-refractivity contribution in [3.63, 3.8) is 0 Å². The standard InChI is InChI=1S/C25H25Cl2F2N5O6S/c1-24(2,3)22(36)31-17-7-14(26)20(27)32-19(17)25(4)13-10-33(23(37)38)8-11(13)9-34(25)21(35)18-15(28)5-12(6-16(18)29)41(30,39)40/h5-7H,8-10H2,1-4H3,(H,31,36)(H,37,38)(H2,30,39,40). The third-order valence-corrected chi connectivity index (χ3v) is 8.60. The molecule has 0 fully saturated rings. The summed E-state index contributed by atoms with van der Waals surface area (Å²) in [6.45, 7) is 5.88. The zero-order chi connectivity index (χ0) is 30.8. The second-order valence-corrected chi connectivity index (χ2v) is 13.2. The molecule has 1 unspecified atom stereocenters. The van der Waals surface area contributed by atoms with Gasteiger partial charge in [-0.3, -0.25) is 9.59 Å². The number of amides is 3. The molecule has 0 saturated heterocycles. The summed E-state index contributed by atoms with van der Waals surface area (Å²) in [6, 6.07) is 2.17. The molecule has 0 spiro atoms. The van der Waals surface area contributed by atoms with Gasteiger partial charge in [-0.25, -0.2) is 32.1 Å². The monoisotopic (exact) mass is 631 g/mol. The Morgan fingerprint density at radius 3 is 2.20 bits per heavy atom. The molecule has 16 heteroatoms. The fourth-order valence-corrected chi connectivity index (χ4v) is 5.64. The first-order valence-corrected chi connectivity index (χ1v) is 14.3. The molecule has 3 amide bonds. The van der Waals surface area contributed by atoms with E-state index < -0.39 is 61.0 Å². The Balaban J connectivity index is 1.93. The van der Waals surface area contributed by atoms with Crippen LogP contribution in [0.3, 0.4) is 0 Å². The summed E-state index contributed by atoms with van der Waals surface area (Å²) in [7, 11) is -4.49. The first-order chi connectivity index (χ1) is 18.8. The van der Waals surface area contributed by atoms with Gasteiger partial charge in [-0.1, -0.05) is 44.0 Å². The molecule has 4 rings (SSSR count). The van der Waals surface area contributed by atoms with E-state index in [4.69, 9.17) is 28.3 Å². The summed E-state index contributed by atoms with van der Waals surface area (Å²) in [5.74, 6) is -4.62. The number of hydrogen-bond acceptors (Lipinski definition) is 6. The van der Waals surface area contributed by atoms with E-state index >= 15 is 8.78 Å². The predicted octanol–water partition coefficient (Wildman–Crippen LogP) is 3.96. The van der Waals surface area contributed by atoms with Gasteiger partial charge in [0.15, 0.2) is 0 Å². The number of nitrogens with zero attached hydrogens (tertiary/aromatic N) is 3. The molecular formula is C25H25Cl2F2N5O6S. The van der Waals surface area contributed by atoms with Crippen LogP contribution >= 0.6 is 23.2 Å². The van der Waals surface area contributed by atoms with E-state index in [9.17, 15) is 27.9 Å². The number of halogens is 4. The summed E-state index contributed by atoms with van der Waals surface area (Å²) in [5.41, 5.74) is -2.79. The number of benzene rings is 1. The van der Waals surface area contributed by atoms with Crippen LogP contribution in [-0.4, -0.2) is 65.8 Å². The Morgan fingerprint density at radius 2 is 1.68 bits per heavy atom. The third-order valence-electron chi connectivity index (χ3n) is 7.03. The molecular weight excluding hydrogens is 607 g/mol. The molecule has 1 aromatic carbocycles. The lowest BCUT2D eigenvalue weighted by atomic mass is 9.86. The molecule has 2 aliphatic rings. The topological polar surface area (TPSA) is 163 Å². The quantitative estimate of drug-likeness (QED) is 0.339. The van der Waals surface area contributed by atoms with Crippen LogP contribution in [0.1, 0.15) is 43.7 Å².